The lowest BCUT2D eigenvalue weighted by molar-refractivity contribution is -0.122. The van der Waals surface area contributed by atoms with E-state index in [9.17, 15) is 14.4 Å². The molecule has 0 bridgehead atoms. The van der Waals surface area contributed by atoms with Gasteiger partial charge < -0.3 is 21.1 Å². The largest absolute Gasteiger partial charge is 0.481 e. The van der Waals surface area contributed by atoms with Crippen LogP contribution >= 0.6 is 11.3 Å². The first-order valence-electron chi connectivity index (χ1n) is 12.2. The molecule has 0 aliphatic heterocycles. The molecule has 36 heavy (non-hydrogen) atoms. The Hall–Kier alpha value is -3.65. The molecule has 2 aromatic carbocycles. The van der Waals surface area contributed by atoms with E-state index in [1.165, 1.54) is 11.3 Å². The number of nitrogens with one attached hydrogen (secondary N) is 2. The Morgan fingerprint density at radius 2 is 1.78 bits per heavy atom. The maximum Gasteiger partial charge on any atom is 0.265 e. The maximum atomic E-state index is 12.9. The molecule has 1 aromatic heterocycles. The van der Waals surface area contributed by atoms with Crippen LogP contribution in [-0.2, 0) is 24.1 Å². The smallest absolute Gasteiger partial charge is 0.265 e. The number of nitrogens with two attached hydrogens (primary N) is 1. The van der Waals surface area contributed by atoms with Crippen molar-refractivity contribution < 1.29 is 19.1 Å². The molecule has 1 atom stereocenters. The average Bonchev–Trinajstić information content (AvgIpc) is 3.23. The number of para-hydroxylation sites is 1. The van der Waals surface area contributed by atoms with Crippen LogP contribution in [0.4, 0.5) is 10.7 Å². The normalized spacial score (nSPS) is 13.4. The zero-order chi connectivity index (χ0) is 25.8. The lowest BCUT2D eigenvalue weighted by atomic mass is 9.95. The van der Waals surface area contributed by atoms with Crippen molar-refractivity contribution in [3.8, 4) is 5.75 Å². The Balaban J connectivity index is 1.41. The molecular formula is C28H31N3O4S. The fraction of sp³-hybridized carbons (Fsp3) is 0.321. The fourth-order valence-corrected chi connectivity index (χ4v) is 5.75. The Morgan fingerprint density at radius 1 is 1.06 bits per heavy atom. The molecule has 3 amide bonds. The van der Waals surface area contributed by atoms with E-state index in [1.54, 1.807) is 31.2 Å². The van der Waals surface area contributed by atoms with Crippen molar-refractivity contribution in [2.45, 2.75) is 59.0 Å². The number of amides is 3. The van der Waals surface area contributed by atoms with Gasteiger partial charge in [0.2, 0.25) is 0 Å². The van der Waals surface area contributed by atoms with Gasteiger partial charge in [-0.05, 0) is 86.9 Å². The number of carbonyl (C=O) groups excluding carboxylic acids is 3. The number of fused-ring (bicyclic) bond motifs is 1. The summed E-state index contributed by atoms with van der Waals surface area (Å²) in [6.07, 6.45) is 3.87. The Morgan fingerprint density at radius 3 is 2.47 bits per heavy atom. The standard InChI is InChI=1S/C28H31N3O4S/c1-4-18-9-7-8-16(2)24(18)30-26(33)17(3)35-20-14-12-19(13-15-20)27(34)31-28-23(25(29)32)21-10-5-6-11-22(21)36-28/h7-9,12-15,17H,4-6,10-11H2,1-3H3,(H2,29,32)(H,30,33)(H,31,34)/t17-/m0/s1. The van der Waals surface area contributed by atoms with Crippen LogP contribution < -0.4 is 21.1 Å². The summed E-state index contributed by atoms with van der Waals surface area (Å²) < 4.78 is 5.82. The van der Waals surface area contributed by atoms with Crippen molar-refractivity contribution in [2.75, 3.05) is 10.6 Å². The number of primary amides is 1. The minimum Gasteiger partial charge on any atom is -0.481 e. The number of hydrogen-bond donors (Lipinski definition) is 3. The van der Waals surface area contributed by atoms with Crippen LogP contribution in [0.3, 0.4) is 0 Å². The van der Waals surface area contributed by atoms with E-state index in [0.717, 1.165) is 59.4 Å². The third-order valence-electron chi connectivity index (χ3n) is 6.43. The molecule has 188 valence electrons. The summed E-state index contributed by atoms with van der Waals surface area (Å²) in [7, 11) is 0. The van der Waals surface area contributed by atoms with Crippen LogP contribution in [0, 0.1) is 6.92 Å². The van der Waals surface area contributed by atoms with E-state index < -0.39 is 12.0 Å². The zero-order valence-electron chi connectivity index (χ0n) is 20.8. The van der Waals surface area contributed by atoms with Gasteiger partial charge in [-0.25, -0.2) is 0 Å². The molecule has 0 unspecified atom stereocenters. The topological polar surface area (TPSA) is 111 Å². The van der Waals surface area contributed by atoms with Gasteiger partial charge >= 0.3 is 0 Å². The first-order valence-corrected chi connectivity index (χ1v) is 13.0. The molecule has 0 saturated carbocycles. The summed E-state index contributed by atoms with van der Waals surface area (Å²) in [6, 6.07) is 12.5. The summed E-state index contributed by atoms with van der Waals surface area (Å²) in [6.45, 7) is 5.69. The Bertz CT molecular complexity index is 1300. The van der Waals surface area contributed by atoms with Crippen molar-refractivity contribution >= 4 is 39.7 Å². The zero-order valence-corrected chi connectivity index (χ0v) is 21.6. The van der Waals surface area contributed by atoms with Crippen LogP contribution in [-0.4, -0.2) is 23.8 Å². The summed E-state index contributed by atoms with van der Waals surface area (Å²) in [5.41, 5.74) is 10.3. The lowest BCUT2D eigenvalue weighted by Gasteiger charge is -2.18. The number of carbonyl (C=O) groups is 3. The summed E-state index contributed by atoms with van der Waals surface area (Å²) in [5.74, 6) is -0.627. The number of thiophene rings is 1. The van der Waals surface area contributed by atoms with Crippen molar-refractivity contribution in [3.63, 3.8) is 0 Å². The van der Waals surface area contributed by atoms with Gasteiger partial charge in [0.1, 0.15) is 10.8 Å². The number of hydrogen-bond acceptors (Lipinski definition) is 5. The molecule has 1 aliphatic rings. The molecule has 4 N–H and O–H groups in total. The highest BCUT2D eigenvalue weighted by molar-refractivity contribution is 7.17. The molecule has 8 heteroatoms. The third kappa shape index (κ3) is 5.44. The predicted molar refractivity (Wildman–Crippen MR) is 143 cm³/mol. The monoisotopic (exact) mass is 505 g/mol. The van der Waals surface area contributed by atoms with Gasteiger partial charge in [-0.3, -0.25) is 14.4 Å². The van der Waals surface area contributed by atoms with Gasteiger partial charge in [-0.2, -0.15) is 0 Å². The SMILES string of the molecule is CCc1cccc(C)c1NC(=O)[C@H](C)Oc1ccc(C(=O)Nc2sc3c(c2C(N)=O)CCCC3)cc1. The highest BCUT2D eigenvalue weighted by Gasteiger charge is 2.25. The van der Waals surface area contributed by atoms with E-state index >= 15 is 0 Å². The molecular weight excluding hydrogens is 474 g/mol. The van der Waals surface area contributed by atoms with E-state index in [2.05, 4.69) is 10.6 Å². The lowest BCUT2D eigenvalue weighted by Crippen LogP contribution is -2.30. The van der Waals surface area contributed by atoms with Gasteiger partial charge in [0.15, 0.2) is 6.10 Å². The molecule has 7 nitrogen and oxygen atoms in total. The molecule has 1 heterocycles. The first kappa shape index (κ1) is 25.4. The molecule has 0 saturated heterocycles. The van der Waals surface area contributed by atoms with Crippen LogP contribution in [0.15, 0.2) is 42.5 Å². The molecule has 4 rings (SSSR count). The van der Waals surface area contributed by atoms with E-state index in [1.807, 2.05) is 32.0 Å². The van der Waals surface area contributed by atoms with Crippen molar-refractivity contribution in [3.05, 3.63) is 75.2 Å². The van der Waals surface area contributed by atoms with Crippen molar-refractivity contribution in [1.29, 1.82) is 0 Å². The van der Waals surface area contributed by atoms with Gasteiger partial charge in [0.05, 0.1) is 5.56 Å². The van der Waals surface area contributed by atoms with E-state index in [0.29, 0.717) is 21.9 Å². The Labute approximate surface area is 215 Å². The summed E-state index contributed by atoms with van der Waals surface area (Å²) in [5, 5.41) is 6.35. The second-order valence-electron chi connectivity index (χ2n) is 8.97. The van der Waals surface area contributed by atoms with Crippen LogP contribution in [0.5, 0.6) is 5.75 Å². The van der Waals surface area contributed by atoms with Crippen LogP contribution in [0.25, 0.3) is 0 Å². The molecule has 0 fully saturated rings. The minimum atomic E-state index is -0.732. The van der Waals surface area contributed by atoms with Gasteiger partial charge in [0, 0.05) is 16.1 Å². The van der Waals surface area contributed by atoms with Crippen LogP contribution in [0.1, 0.15) is 69.0 Å². The first-order chi connectivity index (χ1) is 17.3. The number of rotatable bonds is 8. The quantitative estimate of drug-likeness (QED) is 0.388. The molecule has 0 radical (unpaired) electrons. The molecule has 3 aromatic rings. The summed E-state index contributed by atoms with van der Waals surface area (Å²) >= 11 is 1.43. The number of anilines is 2. The van der Waals surface area contributed by atoms with Gasteiger partial charge in [-0.15, -0.1) is 11.3 Å². The number of ether oxygens (including phenoxy) is 1. The second-order valence-corrected chi connectivity index (χ2v) is 10.1. The number of benzene rings is 2. The average molecular weight is 506 g/mol. The Kier molecular flexibility index (Phi) is 7.74. The minimum absolute atomic E-state index is 0.249. The van der Waals surface area contributed by atoms with E-state index in [-0.39, 0.29) is 11.8 Å². The van der Waals surface area contributed by atoms with Crippen LogP contribution in [0.2, 0.25) is 0 Å². The molecule has 0 spiro atoms. The summed E-state index contributed by atoms with van der Waals surface area (Å²) in [4.78, 5) is 38.8. The van der Waals surface area contributed by atoms with Crippen molar-refractivity contribution in [1.82, 2.24) is 0 Å². The van der Waals surface area contributed by atoms with Crippen molar-refractivity contribution in [2.24, 2.45) is 5.73 Å². The van der Waals surface area contributed by atoms with Gasteiger partial charge in [-0.1, -0.05) is 25.1 Å². The highest BCUT2D eigenvalue weighted by atomic mass is 32.1. The van der Waals surface area contributed by atoms with Gasteiger partial charge in [0.25, 0.3) is 17.7 Å². The predicted octanol–water partition coefficient (Wildman–Crippen LogP) is 5.25. The fourth-order valence-electron chi connectivity index (χ4n) is 4.46. The highest BCUT2D eigenvalue weighted by Crippen LogP contribution is 2.38. The maximum absolute atomic E-state index is 12.9. The number of aryl methyl sites for hydroxylation is 3. The van der Waals surface area contributed by atoms with E-state index in [4.69, 9.17) is 10.5 Å². The second kappa shape index (κ2) is 11.0. The molecule has 1 aliphatic carbocycles. The third-order valence-corrected chi connectivity index (χ3v) is 7.64.